The lowest BCUT2D eigenvalue weighted by Gasteiger charge is -2.13. The summed E-state index contributed by atoms with van der Waals surface area (Å²) in [6.45, 7) is -3.18. The Hall–Kier alpha value is -0.330. The van der Waals surface area contributed by atoms with Crippen LogP contribution in [0.4, 0.5) is 13.2 Å². The highest BCUT2D eigenvalue weighted by atomic mass is 19.3. The minimum Gasteiger partial charge on any atom is -0.394 e. The number of rotatable bonds is 6. The third-order valence-corrected chi connectivity index (χ3v) is 0.771. The van der Waals surface area contributed by atoms with Gasteiger partial charge >= 0.3 is 6.11 Å². The van der Waals surface area contributed by atoms with Gasteiger partial charge in [0.1, 0.15) is 6.61 Å². The molecule has 0 radical (unpaired) electrons. The largest absolute Gasteiger partial charge is 0.394 e. The Labute approximate surface area is 61.7 Å². The van der Waals surface area contributed by atoms with Crippen LogP contribution in [0.15, 0.2) is 0 Å². The van der Waals surface area contributed by atoms with E-state index < -0.39 is 19.6 Å². The number of hydrogen-bond acceptors (Lipinski definition) is 3. The Bertz CT molecular complexity index is 99.0. The molecule has 0 bridgehead atoms. The van der Waals surface area contributed by atoms with Crippen molar-refractivity contribution in [1.82, 2.24) is 0 Å². The fourth-order valence-corrected chi connectivity index (χ4v) is 0.377. The van der Waals surface area contributed by atoms with Gasteiger partial charge in [-0.15, -0.1) is 0 Å². The summed E-state index contributed by atoms with van der Waals surface area (Å²) in [6.07, 6.45) is -3.61. The second-order valence-corrected chi connectivity index (χ2v) is 1.67. The summed E-state index contributed by atoms with van der Waals surface area (Å²) in [5.74, 6) is 0. The van der Waals surface area contributed by atoms with Gasteiger partial charge in [-0.05, 0) is 0 Å². The van der Waals surface area contributed by atoms with Gasteiger partial charge in [-0.1, -0.05) is 0 Å². The molecule has 0 rings (SSSR count). The molecular weight excluding hydrogens is 165 g/mol. The second kappa shape index (κ2) is 5.34. The fourth-order valence-electron chi connectivity index (χ4n) is 0.377. The van der Waals surface area contributed by atoms with E-state index in [4.69, 9.17) is 5.11 Å². The number of aliphatic hydroxyl groups is 1. The number of aliphatic hydroxyl groups excluding tert-OH is 1. The van der Waals surface area contributed by atoms with Crippen LogP contribution < -0.4 is 0 Å². The fraction of sp³-hybridized carbons (Fsp3) is 1.00. The topological polar surface area (TPSA) is 38.7 Å². The maximum atomic E-state index is 12.1. The molecule has 0 aromatic carbocycles. The summed E-state index contributed by atoms with van der Waals surface area (Å²) in [5.41, 5.74) is 0. The van der Waals surface area contributed by atoms with E-state index in [1.807, 2.05) is 0 Å². The Balaban J connectivity index is 3.38. The van der Waals surface area contributed by atoms with Gasteiger partial charge in [-0.2, -0.15) is 8.78 Å². The van der Waals surface area contributed by atoms with Crippen LogP contribution in [0.25, 0.3) is 0 Å². The van der Waals surface area contributed by atoms with Crippen molar-refractivity contribution >= 4 is 0 Å². The molecule has 0 aliphatic heterocycles. The number of ether oxygens (including phenoxy) is 2. The molecule has 68 valence electrons. The molecule has 0 aromatic rings. The van der Waals surface area contributed by atoms with Crippen molar-refractivity contribution in [2.24, 2.45) is 0 Å². The molecule has 11 heavy (non-hydrogen) atoms. The minimum atomic E-state index is -3.61. The molecule has 0 saturated heterocycles. The van der Waals surface area contributed by atoms with E-state index in [9.17, 15) is 13.2 Å². The molecule has 3 nitrogen and oxygen atoms in total. The number of hydrogen-bond donors (Lipinski definition) is 1. The molecule has 0 heterocycles. The number of halogens is 3. The van der Waals surface area contributed by atoms with Gasteiger partial charge in [0.25, 0.3) is 0 Å². The summed E-state index contributed by atoms with van der Waals surface area (Å²) >= 11 is 0. The van der Waals surface area contributed by atoms with Crippen LogP contribution in [0.1, 0.15) is 0 Å². The maximum Gasteiger partial charge on any atom is 0.381 e. The molecular formula is C5H9F3O3. The molecule has 0 spiro atoms. The zero-order valence-electron chi connectivity index (χ0n) is 5.73. The molecule has 0 aliphatic rings. The third kappa shape index (κ3) is 6.08. The Morgan fingerprint density at radius 1 is 1.36 bits per heavy atom. The van der Waals surface area contributed by atoms with Crippen LogP contribution in [-0.2, 0) is 9.47 Å². The van der Waals surface area contributed by atoms with Gasteiger partial charge in [0, 0.05) is 0 Å². The quantitative estimate of drug-likeness (QED) is 0.597. The van der Waals surface area contributed by atoms with E-state index in [1.165, 1.54) is 0 Å². The molecule has 0 atom stereocenters. The molecule has 0 amide bonds. The van der Waals surface area contributed by atoms with Gasteiger partial charge in [0.2, 0.25) is 0 Å². The van der Waals surface area contributed by atoms with Gasteiger partial charge in [-0.3, -0.25) is 4.74 Å². The van der Waals surface area contributed by atoms with Crippen molar-refractivity contribution in [2.45, 2.75) is 6.11 Å². The van der Waals surface area contributed by atoms with Crippen LogP contribution in [-0.4, -0.2) is 37.9 Å². The first-order valence-electron chi connectivity index (χ1n) is 2.89. The van der Waals surface area contributed by atoms with E-state index in [1.54, 1.807) is 0 Å². The second-order valence-electron chi connectivity index (χ2n) is 1.67. The van der Waals surface area contributed by atoms with E-state index in [-0.39, 0.29) is 13.2 Å². The molecule has 0 aliphatic carbocycles. The van der Waals surface area contributed by atoms with Crippen LogP contribution in [0.5, 0.6) is 0 Å². The molecule has 0 aromatic heterocycles. The highest BCUT2D eigenvalue weighted by molar-refractivity contribution is 4.47. The normalized spacial score (nSPS) is 12.0. The first-order valence-corrected chi connectivity index (χ1v) is 2.89. The average Bonchev–Trinajstić information content (AvgIpc) is 1.87. The van der Waals surface area contributed by atoms with Crippen LogP contribution in [0.3, 0.4) is 0 Å². The van der Waals surface area contributed by atoms with Crippen molar-refractivity contribution in [3.05, 3.63) is 0 Å². The monoisotopic (exact) mass is 174 g/mol. The lowest BCUT2D eigenvalue weighted by atomic mass is 10.6. The first kappa shape index (κ1) is 10.7. The SMILES string of the molecule is OCCOCC(F)(F)OCF. The summed E-state index contributed by atoms with van der Waals surface area (Å²) in [4.78, 5) is 0. The molecule has 0 fully saturated rings. The Morgan fingerprint density at radius 3 is 2.45 bits per heavy atom. The molecule has 0 unspecified atom stereocenters. The van der Waals surface area contributed by atoms with E-state index in [2.05, 4.69) is 9.47 Å². The van der Waals surface area contributed by atoms with Crippen molar-refractivity contribution in [1.29, 1.82) is 0 Å². The van der Waals surface area contributed by atoms with Gasteiger partial charge in [0.05, 0.1) is 13.2 Å². The Kier molecular flexibility index (Phi) is 5.18. The van der Waals surface area contributed by atoms with Crippen LogP contribution >= 0.6 is 0 Å². The van der Waals surface area contributed by atoms with Gasteiger partial charge < -0.3 is 9.84 Å². The van der Waals surface area contributed by atoms with Crippen molar-refractivity contribution in [3.63, 3.8) is 0 Å². The predicted molar refractivity (Wildman–Crippen MR) is 29.9 cm³/mol. The van der Waals surface area contributed by atoms with E-state index in [0.29, 0.717) is 0 Å². The zero-order chi connectivity index (χ0) is 8.74. The maximum absolute atomic E-state index is 12.1. The summed E-state index contributed by atoms with van der Waals surface area (Å²) < 4.78 is 42.9. The molecule has 6 heteroatoms. The van der Waals surface area contributed by atoms with Crippen LogP contribution in [0.2, 0.25) is 0 Å². The molecule has 0 saturated carbocycles. The van der Waals surface area contributed by atoms with E-state index >= 15 is 0 Å². The average molecular weight is 174 g/mol. The van der Waals surface area contributed by atoms with Gasteiger partial charge in [0.15, 0.2) is 6.86 Å². The van der Waals surface area contributed by atoms with Crippen molar-refractivity contribution < 1.29 is 27.8 Å². The zero-order valence-corrected chi connectivity index (χ0v) is 5.73. The summed E-state index contributed by atoms with van der Waals surface area (Å²) in [5, 5.41) is 8.11. The summed E-state index contributed by atoms with van der Waals surface area (Å²) in [7, 11) is 0. The van der Waals surface area contributed by atoms with E-state index in [0.717, 1.165) is 0 Å². The lowest BCUT2D eigenvalue weighted by molar-refractivity contribution is -0.279. The highest BCUT2D eigenvalue weighted by Crippen LogP contribution is 2.15. The first-order chi connectivity index (χ1) is 5.12. The van der Waals surface area contributed by atoms with Crippen molar-refractivity contribution in [2.75, 3.05) is 26.7 Å². The smallest absolute Gasteiger partial charge is 0.381 e. The number of alkyl halides is 3. The Morgan fingerprint density at radius 2 is 2.00 bits per heavy atom. The third-order valence-electron chi connectivity index (χ3n) is 0.771. The highest BCUT2D eigenvalue weighted by Gasteiger charge is 2.30. The minimum absolute atomic E-state index is 0.217. The van der Waals surface area contributed by atoms with Crippen molar-refractivity contribution in [3.8, 4) is 0 Å². The standard InChI is InChI=1S/C5H9F3O3/c6-4-11-5(7,8)3-10-2-1-9/h9H,1-4H2. The summed E-state index contributed by atoms with van der Waals surface area (Å²) in [6, 6.07) is 0. The molecule has 1 N–H and O–H groups in total. The van der Waals surface area contributed by atoms with Crippen LogP contribution in [0, 0.1) is 0 Å². The predicted octanol–water partition coefficient (Wildman–Crippen LogP) is 0.532. The lowest BCUT2D eigenvalue weighted by Crippen LogP contribution is -2.27. The van der Waals surface area contributed by atoms with Gasteiger partial charge in [-0.25, -0.2) is 4.39 Å².